The first kappa shape index (κ1) is 33.5. The van der Waals surface area contributed by atoms with Gasteiger partial charge >= 0.3 is 6.92 Å². The standard InChI is InChI=1S/C54H40BNO/c1-54(2)50-22-12-11-20-45(50)47-33-48(44-21-13-23-53-49(44)35-55(57-53)40-17-7-4-8-18-40)52(34-51(47)54)56(41-29-26-37(27-30-41)36-14-5-3-6-15-36)42-31-28-39-25-24-38-16-9-10-19-43(38)46(39)32-42/h3-34H,35H2,1-2H3. The summed E-state index contributed by atoms with van der Waals surface area (Å²) in [6, 6.07) is 71.1. The second kappa shape index (κ2) is 13.1. The second-order valence-corrected chi connectivity index (χ2v) is 16.0. The van der Waals surface area contributed by atoms with E-state index in [2.05, 4.69) is 213 Å². The summed E-state index contributed by atoms with van der Waals surface area (Å²) in [5.41, 5.74) is 15.8. The Morgan fingerprint density at radius 2 is 1.12 bits per heavy atom. The lowest BCUT2D eigenvalue weighted by atomic mass is 9.58. The molecule has 270 valence electrons. The minimum Gasteiger partial charge on any atom is -0.555 e. The van der Waals surface area contributed by atoms with Gasteiger partial charge in [0.15, 0.2) is 0 Å². The zero-order valence-electron chi connectivity index (χ0n) is 32.1. The topological polar surface area (TPSA) is 12.5 Å². The van der Waals surface area contributed by atoms with Gasteiger partial charge in [-0.05, 0) is 120 Å². The van der Waals surface area contributed by atoms with Crippen molar-refractivity contribution in [2.24, 2.45) is 0 Å². The molecule has 57 heavy (non-hydrogen) atoms. The summed E-state index contributed by atoms with van der Waals surface area (Å²) in [6.07, 6.45) is 0.807. The van der Waals surface area contributed by atoms with E-state index in [1.165, 1.54) is 77.1 Å². The molecular weight excluding hydrogens is 689 g/mol. The highest BCUT2D eigenvalue weighted by atomic mass is 16.4. The summed E-state index contributed by atoms with van der Waals surface area (Å²) in [7, 11) is 0. The van der Waals surface area contributed by atoms with Gasteiger partial charge in [0, 0.05) is 22.4 Å². The molecule has 1 aliphatic heterocycles. The average Bonchev–Trinajstić information content (AvgIpc) is 3.81. The molecule has 0 unspecified atom stereocenters. The summed E-state index contributed by atoms with van der Waals surface area (Å²) in [5.74, 6) is 0.962. The molecule has 1 heterocycles. The van der Waals surface area contributed by atoms with Gasteiger partial charge in [-0.1, -0.05) is 166 Å². The van der Waals surface area contributed by atoms with Crippen molar-refractivity contribution in [3.63, 3.8) is 0 Å². The monoisotopic (exact) mass is 729 g/mol. The molecule has 0 bridgehead atoms. The van der Waals surface area contributed by atoms with Gasteiger partial charge in [0.25, 0.3) is 0 Å². The van der Waals surface area contributed by atoms with E-state index in [-0.39, 0.29) is 12.3 Å². The van der Waals surface area contributed by atoms with Crippen molar-refractivity contribution in [2.75, 3.05) is 4.90 Å². The van der Waals surface area contributed by atoms with Gasteiger partial charge in [0.05, 0.1) is 5.69 Å². The van der Waals surface area contributed by atoms with Gasteiger partial charge in [-0.2, -0.15) is 0 Å². The van der Waals surface area contributed by atoms with Crippen LogP contribution in [0.3, 0.4) is 0 Å². The van der Waals surface area contributed by atoms with Crippen LogP contribution in [0.2, 0.25) is 0 Å². The van der Waals surface area contributed by atoms with E-state index in [1.54, 1.807) is 0 Å². The molecule has 9 aromatic carbocycles. The first-order chi connectivity index (χ1) is 28.0. The molecule has 1 aliphatic carbocycles. The molecular formula is C54H40BNO. The number of anilines is 3. The molecule has 0 spiro atoms. The van der Waals surface area contributed by atoms with E-state index in [0.29, 0.717) is 0 Å². The maximum absolute atomic E-state index is 6.74. The second-order valence-electron chi connectivity index (χ2n) is 16.0. The number of fused-ring (bicyclic) bond motifs is 7. The zero-order valence-corrected chi connectivity index (χ0v) is 32.1. The van der Waals surface area contributed by atoms with Crippen LogP contribution in [0.15, 0.2) is 194 Å². The molecule has 9 aromatic rings. The SMILES string of the molecule is CC1(C)c2ccccc2-c2cc(-c3cccc4c3CB(c3ccccc3)O4)c(N(c3ccc(-c4ccccc4)cc3)c3ccc4ccc5ccccc5c4c3)cc21. The quantitative estimate of drug-likeness (QED) is 0.125. The Balaban J connectivity index is 1.18. The Labute approximate surface area is 334 Å². The summed E-state index contributed by atoms with van der Waals surface area (Å²) in [6.45, 7) is 4.72. The Morgan fingerprint density at radius 1 is 0.474 bits per heavy atom. The molecule has 0 amide bonds. The number of hydrogen-bond donors (Lipinski definition) is 0. The Bertz CT molecular complexity index is 2990. The smallest absolute Gasteiger partial charge is 0.396 e. The fourth-order valence-electron chi connectivity index (χ4n) is 9.50. The third-order valence-electron chi connectivity index (χ3n) is 12.4. The summed E-state index contributed by atoms with van der Waals surface area (Å²) >= 11 is 0. The van der Waals surface area contributed by atoms with Crippen LogP contribution >= 0.6 is 0 Å². The molecule has 11 rings (SSSR count). The van der Waals surface area contributed by atoms with E-state index in [1.807, 2.05) is 0 Å². The normalized spacial score (nSPS) is 13.6. The minimum atomic E-state index is -0.179. The van der Waals surface area contributed by atoms with Crippen LogP contribution in [0.25, 0.3) is 54.9 Å². The highest BCUT2D eigenvalue weighted by molar-refractivity contribution is 6.68. The van der Waals surface area contributed by atoms with Gasteiger partial charge in [-0.15, -0.1) is 0 Å². The third-order valence-corrected chi connectivity index (χ3v) is 12.4. The van der Waals surface area contributed by atoms with Crippen LogP contribution in [0, 0.1) is 0 Å². The number of benzene rings is 9. The lowest BCUT2D eigenvalue weighted by molar-refractivity contribution is 0.601. The maximum Gasteiger partial charge on any atom is 0.396 e. The van der Waals surface area contributed by atoms with E-state index in [0.717, 1.165) is 29.1 Å². The van der Waals surface area contributed by atoms with Crippen molar-refractivity contribution in [3.05, 3.63) is 211 Å². The third kappa shape index (κ3) is 5.49. The Hall–Kier alpha value is -6.84. The number of hydrogen-bond acceptors (Lipinski definition) is 2. The van der Waals surface area contributed by atoms with Crippen LogP contribution in [0.5, 0.6) is 5.75 Å². The van der Waals surface area contributed by atoms with Crippen LogP contribution in [0.1, 0.15) is 30.5 Å². The van der Waals surface area contributed by atoms with Crippen molar-refractivity contribution in [1.29, 1.82) is 0 Å². The number of nitrogens with zero attached hydrogens (tertiary/aromatic N) is 1. The molecule has 0 atom stereocenters. The average molecular weight is 730 g/mol. The molecule has 2 aliphatic rings. The molecule has 3 heteroatoms. The van der Waals surface area contributed by atoms with Crippen LogP contribution in [-0.2, 0) is 11.7 Å². The van der Waals surface area contributed by atoms with Gasteiger partial charge in [0.2, 0.25) is 0 Å². The summed E-state index contributed by atoms with van der Waals surface area (Å²) in [4.78, 5) is 2.49. The molecule has 2 nitrogen and oxygen atoms in total. The lowest BCUT2D eigenvalue weighted by Gasteiger charge is -2.31. The van der Waals surface area contributed by atoms with Gasteiger partial charge < -0.3 is 9.55 Å². The van der Waals surface area contributed by atoms with Crippen molar-refractivity contribution in [3.8, 4) is 39.1 Å². The predicted molar refractivity (Wildman–Crippen MR) is 241 cm³/mol. The maximum atomic E-state index is 6.74. The zero-order chi connectivity index (χ0) is 38.1. The van der Waals surface area contributed by atoms with Gasteiger partial charge in [0.1, 0.15) is 5.75 Å². The summed E-state index contributed by atoms with van der Waals surface area (Å²) < 4.78 is 6.74. The van der Waals surface area contributed by atoms with Crippen LogP contribution < -0.4 is 15.0 Å². The van der Waals surface area contributed by atoms with Crippen molar-refractivity contribution in [2.45, 2.75) is 25.6 Å². The van der Waals surface area contributed by atoms with E-state index >= 15 is 0 Å². The van der Waals surface area contributed by atoms with Gasteiger partial charge in [-0.25, -0.2) is 0 Å². The Kier molecular flexibility index (Phi) is 7.72. The minimum absolute atomic E-state index is 0.0321. The largest absolute Gasteiger partial charge is 0.555 e. The van der Waals surface area contributed by atoms with E-state index < -0.39 is 0 Å². The van der Waals surface area contributed by atoms with E-state index in [4.69, 9.17) is 4.65 Å². The fourth-order valence-corrected chi connectivity index (χ4v) is 9.50. The van der Waals surface area contributed by atoms with Crippen LogP contribution in [0.4, 0.5) is 17.1 Å². The molecule has 0 saturated heterocycles. The lowest BCUT2D eigenvalue weighted by Crippen LogP contribution is -2.35. The predicted octanol–water partition coefficient (Wildman–Crippen LogP) is 13.5. The molecule has 0 saturated carbocycles. The highest BCUT2D eigenvalue weighted by Crippen LogP contribution is 2.54. The molecule has 0 fully saturated rings. The van der Waals surface area contributed by atoms with Crippen molar-refractivity contribution < 1.29 is 4.65 Å². The molecule has 0 N–H and O–H groups in total. The van der Waals surface area contributed by atoms with Crippen molar-refractivity contribution >= 4 is 51.0 Å². The van der Waals surface area contributed by atoms with Crippen LogP contribution in [-0.4, -0.2) is 6.92 Å². The summed E-state index contributed by atoms with van der Waals surface area (Å²) in [5, 5.41) is 4.97. The molecule has 0 radical (unpaired) electrons. The van der Waals surface area contributed by atoms with E-state index in [9.17, 15) is 0 Å². The van der Waals surface area contributed by atoms with Gasteiger partial charge in [-0.3, -0.25) is 0 Å². The fraction of sp³-hybridized carbons (Fsp3) is 0.0741. The first-order valence-corrected chi connectivity index (χ1v) is 20.0. The van der Waals surface area contributed by atoms with Crippen molar-refractivity contribution in [1.82, 2.24) is 0 Å². The number of rotatable bonds is 6. The first-order valence-electron chi connectivity index (χ1n) is 20.0. The Morgan fingerprint density at radius 3 is 1.95 bits per heavy atom. The highest BCUT2D eigenvalue weighted by Gasteiger charge is 2.38. The molecule has 0 aromatic heterocycles.